The maximum atomic E-state index is 14.4. The number of ether oxygens (including phenoxy) is 2. The fraction of sp³-hybridized carbons (Fsp3) is 0.435. The van der Waals surface area contributed by atoms with E-state index in [4.69, 9.17) is 9.47 Å². The van der Waals surface area contributed by atoms with Gasteiger partial charge in [-0.1, -0.05) is 18.2 Å². The van der Waals surface area contributed by atoms with E-state index in [1.165, 1.54) is 6.07 Å². The lowest BCUT2D eigenvalue weighted by molar-refractivity contribution is -0.118. The highest BCUT2D eigenvalue weighted by molar-refractivity contribution is 5.95. The zero-order valence-corrected chi connectivity index (χ0v) is 17.0. The Kier molecular flexibility index (Phi) is 5.08. The SMILES string of the molecule is O=C1COc2cc([C@H](O)CN3C[C@H]4C[C@H](Oc5ccccc5)C[C@@]4(O)C3)cc(F)c2N1. The smallest absolute Gasteiger partial charge is 0.262 e. The minimum atomic E-state index is -0.945. The maximum Gasteiger partial charge on any atom is 0.262 e. The van der Waals surface area contributed by atoms with Gasteiger partial charge in [0.1, 0.15) is 23.3 Å². The molecule has 5 rings (SSSR count). The Hall–Kier alpha value is -2.68. The first-order chi connectivity index (χ1) is 14.9. The van der Waals surface area contributed by atoms with Crippen molar-refractivity contribution in [2.75, 3.05) is 31.6 Å². The monoisotopic (exact) mass is 428 g/mol. The number of fused-ring (bicyclic) bond motifs is 2. The van der Waals surface area contributed by atoms with Crippen molar-refractivity contribution in [2.45, 2.75) is 30.7 Å². The van der Waals surface area contributed by atoms with Gasteiger partial charge in [-0.05, 0) is 36.2 Å². The van der Waals surface area contributed by atoms with Crippen molar-refractivity contribution in [1.29, 1.82) is 0 Å². The zero-order valence-electron chi connectivity index (χ0n) is 17.0. The number of halogens is 1. The Labute approximate surface area is 179 Å². The van der Waals surface area contributed by atoms with Gasteiger partial charge in [0.25, 0.3) is 5.91 Å². The molecule has 1 saturated heterocycles. The number of para-hydroxylation sites is 1. The number of nitrogens with one attached hydrogen (secondary N) is 1. The van der Waals surface area contributed by atoms with Crippen LogP contribution in [0.1, 0.15) is 24.5 Å². The summed E-state index contributed by atoms with van der Waals surface area (Å²) in [6, 6.07) is 12.4. The van der Waals surface area contributed by atoms with Crippen molar-refractivity contribution in [3.05, 3.63) is 53.8 Å². The summed E-state index contributed by atoms with van der Waals surface area (Å²) in [5, 5.41) is 24.3. The van der Waals surface area contributed by atoms with Crippen LogP contribution in [0.2, 0.25) is 0 Å². The summed E-state index contributed by atoms with van der Waals surface area (Å²) in [7, 11) is 0. The van der Waals surface area contributed by atoms with Gasteiger partial charge in [0, 0.05) is 32.0 Å². The first kappa shape index (κ1) is 20.2. The quantitative estimate of drug-likeness (QED) is 0.676. The number of hydrogen-bond donors (Lipinski definition) is 3. The minimum absolute atomic E-state index is 0.00155. The summed E-state index contributed by atoms with van der Waals surface area (Å²) >= 11 is 0. The average Bonchev–Trinajstić information content (AvgIpc) is 3.19. The van der Waals surface area contributed by atoms with Crippen LogP contribution in [-0.4, -0.2) is 59.0 Å². The van der Waals surface area contributed by atoms with E-state index in [2.05, 4.69) is 5.32 Å². The Morgan fingerprint density at radius 3 is 2.90 bits per heavy atom. The summed E-state index contributed by atoms with van der Waals surface area (Å²) in [4.78, 5) is 13.4. The van der Waals surface area contributed by atoms with Gasteiger partial charge in [-0.15, -0.1) is 0 Å². The number of likely N-dealkylation sites (tertiary alicyclic amines) is 1. The molecule has 2 heterocycles. The molecule has 1 aliphatic carbocycles. The van der Waals surface area contributed by atoms with E-state index in [1.54, 1.807) is 6.07 Å². The number of carbonyl (C=O) groups excluding carboxylic acids is 1. The van der Waals surface area contributed by atoms with Crippen molar-refractivity contribution in [1.82, 2.24) is 4.90 Å². The molecule has 1 amide bonds. The number of β-amino-alcohol motifs (C(OH)–C–C–N with tert-alkyl or cyclic N) is 2. The Balaban J connectivity index is 1.21. The second-order valence-electron chi connectivity index (χ2n) is 8.72. The second kappa shape index (κ2) is 7.78. The van der Waals surface area contributed by atoms with Gasteiger partial charge in [0.2, 0.25) is 0 Å². The Bertz CT molecular complexity index is 987. The van der Waals surface area contributed by atoms with Gasteiger partial charge >= 0.3 is 0 Å². The van der Waals surface area contributed by atoms with Gasteiger partial charge in [0.05, 0.1) is 11.7 Å². The van der Waals surface area contributed by atoms with Gasteiger partial charge in [-0.25, -0.2) is 4.39 Å². The number of benzene rings is 2. The normalized spacial score (nSPS) is 28.4. The summed E-state index contributed by atoms with van der Waals surface area (Å²) in [5.74, 6) is 0.0263. The molecule has 8 heteroatoms. The van der Waals surface area contributed by atoms with Crippen LogP contribution in [0.25, 0.3) is 0 Å². The lowest BCUT2D eigenvalue weighted by Gasteiger charge is -2.26. The Morgan fingerprint density at radius 1 is 1.32 bits per heavy atom. The van der Waals surface area contributed by atoms with Crippen molar-refractivity contribution >= 4 is 11.6 Å². The van der Waals surface area contributed by atoms with Gasteiger partial charge in [0.15, 0.2) is 12.4 Å². The molecule has 3 N–H and O–H groups in total. The average molecular weight is 428 g/mol. The van der Waals surface area contributed by atoms with Gasteiger partial charge < -0.3 is 25.0 Å². The summed E-state index contributed by atoms with van der Waals surface area (Å²) in [6.45, 7) is 1.16. The third kappa shape index (κ3) is 3.98. The van der Waals surface area contributed by atoms with E-state index in [9.17, 15) is 19.4 Å². The number of nitrogens with zero attached hydrogens (tertiary/aromatic N) is 1. The van der Waals surface area contributed by atoms with Crippen molar-refractivity contribution in [3.8, 4) is 11.5 Å². The molecule has 2 aliphatic heterocycles. The van der Waals surface area contributed by atoms with Crippen LogP contribution in [0.5, 0.6) is 11.5 Å². The minimum Gasteiger partial charge on any atom is -0.490 e. The Morgan fingerprint density at radius 2 is 2.13 bits per heavy atom. The molecule has 4 atom stereocenters. The highest BCUT2D eigenvalue weighted by atomic mass is 19.1. The highest BCUT2D eigenvalue weighted by Crippen LogP contribution is 2.43. The van der Waals surface area contributed by atoms with Crippen molar-refractivity contribution in [3.63, 3.8) is 0 Å². The number of hydrogen-bond acceptors (Lipinski definition) is 6. The molecule has 0 bridgehead atoms. The molecule has 7 nitrogen and oxygen atoms in total. The van der Waals surface area contributed by atoms with Gasteiger partial charge in [-0.3, -0.25) is 9.69 Å². The maximum absolute atomic E-state index is 14.4. The number of rotatable bonds is 5. The molecular weight excluding hydrogens is 403 g/mol. The topological polar surface area (TPSA) is 91.3 Å². The first-order valence-corrected chi connectivity index (χ1v) is 10.5. The predicted molar refractivity (Wildman–Crippen MR) is 110 cm³/mol. The number of aliphatic hydroxyl groups is 2. The fourth-order valence-electron chi connectivity index (χ4n) is 5.00. The predicted octanol–water partition coefficient (Wildman–Crippen LogP) is 2.09. The van der Waals surface area contributed by atoms with E-state index in [0.29, 0.717) is 25.1 Å². The molecule has 2 fully saturated rings. The van der Waals surface area contributed by atoms with E-state index >= 15 is 0 Å². The van der Waals surface area contributed by atoms with Crippen molar-refractivity contribution < 1.29 is 28.9 Å². The van der Waals surface area contributed by atoms with Crippen molar-refractivity contribution in [2.24, 2.45) is 5.92 Å². The van der Waals surface area contributed by atoms with Gasteiger partial charge in [-0.2, -0.15) is 0 Å². The lowest BCUT2D eigenvalue weighted by atomic mass is 9.95. The van der Waals surface area contributed by atoms with E-state index in [0.717, 1.165) is 12.2 Å². The van der Waals surface area contributed by atoms with Crippen LogP contribution in [-0.2, 0) is 4.79 Å². The van der Waals surface area contributed by atoms with E-state index in [-0.39, 0.29) is 36.6 Å². The second-order valence-corrected chi connectivity index (χ2v) is 8.72. The molecule has 1 saturated carbocycles. The van der Waals surface area contributed by atoms with Crippen LogP contribution in [0.15, 0.2) is 42.5 Å². The highest BCUT2D eigenvalue weighted by Gasteiger charge is 2.52. The standard InChI is InChI=1S/C23H25FN2O5/c24-18-6-14(7-20-22(18)25-21(28)12-30-20)19(27)11-26-10-15-8-17(9-23(15,29)13-26)31-16-4-2-1-3-5-16/h1-7,15,17,19,27,29H,8-13H2,(H,25,28)/t15-,17+,19-,23-/m1/s1. The molecule has 31 heavy (non-hydrogen) atoms. The molecule has 0 spiro atoms. The molecule has 2 aromatic rings. The number of aliphatic hydroxyl groups excluding tert-OH is 1. The summed E-state index contributed by atoms with van der Waals surface area (Å²) in [6.07, 6.45) is 0.311. The summed E-state index contributed by atoms with van der Waals surface area (Å²) < 4.78 is 25.7. The molecule has 2 aromatic carbocycles. The number of amides is 1. The summed E-state index contributed by atoms with van der Waals surface area (Å²) in [5.41, 5.74) is -0.475. The zero-order chi connectivity index (χ0) is 21.6. The molecule has 0 unspecified atom stereocenters. The van der Waals surface area contributed by atoms with Crippen LogP contribution in [0.3, 0.4) is 0 Å². The third-order valence-electron chi connectivity index (χ3n) is 6.43. The van der Waals surface area contributed by atoms with E-state index in [1.807, 2.05) is 35.2 Å². The van der Waals surface area contributed by atoms with Crippen LogP contribution in [0.4, 0.5) is 10.1 Å². The molecular formula is C23H25FN2O5. The molecule has 3 aliphatic rings. The lowest BCUT2D eigenvalue weighted by Crippen LogP contribution is -2.36. The number of carbonyl (C=O) groups is 1. The fourth-order valence-corrected chi connectivity index (χ4v) is 5.00. The molecule has 0 radical (unpaired) electrons. The molecule has 164 valence electrons. The largest absolute Gasteiger partial charge is 0.490 e. The number of anilines is 1. The molecule has 0 aromatic heterocycles. The third-order valence-corrected chi connectivity index (χ3v) is 6.43. The van der Waals surface area contributed by atoms with E-state index < -0.39 is 23.4 Å². The first-order valence-electron chi connectivity index (χ1n) is 10.5. The van der Waals surface area contributed by atoms with Crippen LogP contribution >= 0.6 is 0 Å². The van der Waals surface area contributed by atoms with Crippen LogP contribution < -0.4 is 14.8 Å². The van der Waals surface area contributed by atoms with Crippen LogP contribution in [0, 0.1) is 11.7 Å².